The maximum Gasteiger partial charge on any atom is 0.240 e. The molecule has 0 bridgehead atoms. The van der Waals surface area contributed by atoms with Gasteiger partial charge in [-0.05, 0) is 36.2 Å². The molecule has 4 nitrogen and oxygen atoms in total. The summed E-state index contributed by atoms with van der Waals surface area (Å²) in [5.41, 5.74) is 4.88. The molecule has 2 rings (SSSR count). The molecule has 1 heterocycles. The van der Waals surface area contributed by atoms with Crippen molar-refractivity contribution in [3.63, 3.8) is 0 Å². The molecule has 0 fully saturated rings. The Kier molecular flexibility index (Phi) is 2.41. The van der Waals surface area contributed by atoms with E-state index in [0.29, 0.717) is 18.4 Å². The number of benzene rings is 1. The molecule has 1 aromatic carbocycles. The van der Waals surface area contributed by atoms with Crippen molar-refractivity contribution >= 4 is 11.6 Å². The topological polar surface area (TPSA) is 61.4 Å². The van der Waals surface area contributed by atoms with Gasteiger partial charge in [-0.15, -0.1) is 0 Å². The summed E-state index contributed by atoms with van der Waals surface area (Å²) in [6.07, 6.45) is 1.08. The summed E-state index contributed by atoms with van der Waals surface area (Å²) < 4.78 is 0. The summed E-state index contributed by atoms with van der Waals surface area (Å²) in [7, 11) is 0. The number of amides is 1. The molecule has 0 spiro atoms. The lowest BCUT2D eigenvalue weighted by Crippen LogP contribution is -2.25. The Morgan fingerprint density at radius 3 is 2.73 bits per heavy atom. The second kappa shape index (κ2) is 3.73. The van der Waals surface area contributed by atoms with E-state index in [1.807, 2.05) is 0 Å². The Bertz CT molecular complexity index is 438. The second-order valence-electron chi connectivity index (χ2n) is 3.57. The highest BCUT2D eigenvalue weighted by Crippen LogP contribution is 2.19. The Morgan fingerprint density at radius 1 is 1.33 bits per heavy atom. The van der Waals surface area contributed by atoms with E-state index in [2.05, 4.69) is 10.5 Å². The van der Waals surface area contributed by atoms with Crippen LogP contribution in [0.5, 0.6) is 5.75 Å². The van der Waals surface area contributed by atoms with Gasteiger partial charge in [0.1, 0.15) is 0 Å². The third kappa shape index (κ3) is 1.98. The molecule has 0 unspecified atom stereocenters. The van der Waals surface area contributed by atoms with Crippen molar-refractivity contribution in [3.05, 3.63) is 29.3 Å². The smallest absolute Gasteiger partial charge is 0.240 e. The van der Waals surface area contributed by atoms with Gasteiger partial charge in [-0.3, -0.25) is 9.90 Å². The SMILES string of the molecule is Cc1cc(C2=NNC(=O)CC2)ccc1[O]. The van der Waals surface area contributed by atoms with E-state index < -0.39 is 0 Å². The first-order chi connectivity index (χ1) is 7.16. The molecule has 77 valence electrons. The van der Waals surface area contributed by atoms with E-state index >= 15 is 0 Å². The maximum absolute atomic E-state index is 11.2. The van der Waals surface area contributed by atoms with Crippen molar-refractivity contribution in [1.82, 2.24) is 5.43 Å². The van der Waals surface area contributed by atoms with Gasteiger partial charge < -0.3 is 0 Å². The average molecular weight is 203 g/mol. The molecule has 0 saturated heterocycles. The van der Waals surface area contributed by atoms with Gasteiger partial charge in [-0.25, -0.2) is 5.43 Å². The number of rotatable bonds is 1. The molecule has 1 amide bonds. The van der Waals surface area contributed by atoms with Crippen LogP contribution in [0.1, 0.15) is 24.0 Å². The molecule has 0 aliphatic carbocycles. The van der Waals surface area contributed by atoms with Crippen LogP contribution in [0.4, 0.5) is 0 Å². The van der Waals surface area contributed by atoms with Gasteiger partial charge in [0.15, 0.2) is 5.75 Å². The zero-order chi connectivity index (χ0) is 10.8. The Morgan fingerprint density at radius 2 is 2.13 bits per heavy atom. The molecule has 1 radical (unpaired) electrons. The van der Waals surface area contributed by atoms with Crippen molar-refractivity contribution < 1.29 is 9.90 Å². The normalized spacial score (nSPS) is 15.8. The van der Waals surface area contributed by atoms with Crippen LogP contribution >= 0.6 is 0 Å². The first-order valence-electron chi connectivity index (χ1n) is 4.80. The Balaban J connectivity index is 2.30. The first-order valence-corrected chi connectivity index (χ1v) is 4.80. The summed E-state index contributed by atoms with van der Waals surface area (Å²) in [6, 6.07) is 5.08. The van der Waals surface area contributed by atoms with E-state index in [-0.39, 0.29) is 11.7 Å². The molecule has 0 atom stereocenters. The Labute approximate surface area is 87.6 Å². The van der Waals surface area contributed by atoms with E-state index in [1.165, 1.54) is 6.07 Å². The summed E-state index contributed by atoms with van der Waals surface area (Å²) >= 11 is 0. The van der Waals surface area contributed by atoms with Crippen LogP contribution in [0.25, 0.3) is 0 Å². The highest BCUT2D eigenvalue weighted by molar-refractivity contribution is 6.04. The molecule has 1 aliphatic rings. The lowest BCUT2D eigenvalue weighted by molar-refractivity contribution is -0.121. The van der Waals surface area contributed by atoms with Gasteiger partial charge in [0.05, 0.1) is 5.71 Å². The number of aryl methyl sites for hydroxylation is 1. The second-order valence-corrected chi connectivity index (χ2v) is 3.57. The van der Waals surface area contributed by atoms with Crippen LogP contribution in [0.15, 0.2) is 23.3 Å². The average Bonchev–Trinajstić information content (AvgIpc) is 2.23. The third-order valence-corrected chi connectivity index (χ3v) is 2.41. The van der Waals surface area contributed by atoms with Gasteiger partial charge in [0.25, 0.3) is 0 Å². The molecule has 4 heteroatoms. The predicted octanol–water partition coefficient (Wildman–Crippen LogP) is 1.75. The van der Waals surface area contributed by atoms with Gasteiger partial charge in [0, 0.05) is 12.8 Å². The van der Waals surface area contributed by atoms with Gasteiger partial charge in [-0.2, -0.15) is 5.10 Å². The minimum atomic E-state index is -0.0593. The van der Waals surface area contributed by atoms with Crippen molar-refractivity contribution in [2.24, 2.45) is 5.10 Å². The molecular weight excluding hydrogens is 192 g/mol. The molecular formula is C11H11N2O2. The number of nitrogens with zero attached hydrogens (tertiary/aromatic N) is 1. The highest BCUT2D eigenvalue weighted by atomic mass is 16.3. The van der Waals surface area contributed by atoms with Crippen molar-refractivity contribution in [3.8, 4) is 5.75 Å². The van der Waals surface area contributed by atoms with Crippen LogP contribution in [-0.2, 0) is 9.90 Å². The lowest BCUT2D eigenvalue weighted by atomic mass is 10.0. The maximum atomic E-state index is 11.2. The molecule has 0 saturated carbocycles. The van der Waals surface area contributed by atoms with Gasteiger partial charge in [0.2, 0.25) is 5.91 Å². The quantitative estimate of drug-likeness (QED) is 0.742. The van der Waals surface area contributed by atoms with E-state index in [1.54, 1.807) is 19.1 Å². The third-order valence-electron chi connectivity index (χ3n) is 2.41. The van der Waals surface area contributed by atoms with Crippen LogP contribution in [0, 0.1) is 6.92 Å². The number of carbonyl (C=O) groups excluding carboxylic acids is 1. The summed E-state index contributed by atoms with van der Waals surface area (Å²) in [6.45, 7) is 1.77. The monoisotopic (exact) mass is 203 g/mol. The molecule has 1 aliphatic heterocycles. The molecule has 0 aromatic heterocycles. The lowest BCUT2D eigenvalue weighted by Gasteiger charge is -2.12. The van der Waals surface area contributed by atoms with Crippen molar-refractivity contribution in [2.75, 3.05) is 0 Å². The number of nitrogens with one attached hydrogen (secondary N) is 1. The van der Waals surface area contributed by atoms with Gasteiger partial charge in [-0.1, -0.05) is 0 Å². The number of hydrazone groups is 1. The summed E-state index contributed by atoms with van der Waals surface area (Å²) in [4.78, 5) is 10.9. The van der Waals surface area contributed by atoms with Crippen LogP contribution in [0.3, 0.4) is 0 Å². The number of hydrogen-bond acceptors (Lipinski definition) is 2. The fraction of sp³-hybridized carbons (Fsp3) is 0.273. The fourth-order valence-electron chi connectivity index (χ4n) is 1.51. The predicted molar refractivity (Wildman–Crippen MR) is 55.2 cm³/mol. The first kappa shape index (κ1) is 9.71. The zero-order valence-electron chi connectivity index (χ0n) is 8.41. The van der Waals surface area contributed by atoms with Crippen LogP contribution in [0.2, 0.25) is 0 Å². The highest BCUT2D eigenvalue weighted by Gasteiger charge is 2.13. The van der Waals surface area contributed by atoms with E-state index in [0.717, 1.165) is 11.3 Å². The minimum Gasteiger partial charge on any atom is -0.290 e. The van der Waals surface area contributed by atoms with Gasteiger partial charge >= 0.3 is 0 Å². The fourth-order valence-corrected chi connectivity index (χ4v) is 1.51. The van der Waals surface area contributed by atoms with Crippen molar-refractivity contribution in [2.45, 2.75) is 19.8 Å². The van der Waals surface area contributed by atoms with Crippen molar-refractivity contribution in [1.29, 1.82) is 0 Å². The Hall–Kier alpha value is -1.84. The van der Waals surface area contributed by atoms with Crippen LogP contribution < -0.4 is 5.43 Å². The number of carbonyl (C=O) groups is 1. The summed E-state index contributed by atoms with van der Waals surface area (Å²) in [5, 5.41) is 15.2. The minimum absolute atomic E-state index is 0.0270. The van der Waals surface area contributed by atoms with E-state index in [4.69, 9.17) is 0 Å². The molecule has 1 aromatic rings. The number of hydrogen-bond donors (Lipinski definition) is 1. The largest absolute Gasteiger partial charge is 0.290 e. The molecule has 15 heavy (non-hydrogen) atoms. The standard InChI is InChI=1S/C11H11N2O2/c1-7-6-8(2-4-10(7)14)9-3-5-11(15)13-12-9/h2,4,6H,3,5H2,1H3,(H,13,15). The van der Waals surface area contributed by atoms with E-state index in [9.17, 15) is 9.90 Å². The zero-order valence-corrected chi connectivity index (χ0v) is 8.41. The molecule has 1 N–H and O–H groups in total. The summed E-state index contributed by atoms with van der Waals surface area (Å²) in [5.74, 6) is -0.0323. The van der Waals surface area contributed by atoms with Crippen LogP contribution in [-0.4, -0.2) is 11.6 Å².